The topological polar surface area (TPSA) is 71.2 Å². The van der Waals surface area contributed by atoms with Crippen LogP contribution in [0, 0.1) is 0 Å². The number of anilines is 1. The molecule has 110 valence electrons. The van der Waals surface area contributed by atoms with Crippen LogP contribution in [0.5, 0.6) is 0 Å². The summed E-state index contributed by atoms with van der Waals surface area (Å²) in [7, 11) is 0. The van der Waals surface area contributed by atoms with Gasteiger partial charge in [-0.3, -0.25) is 4.79 Å². The number of hydrogen-bond donors (Lipinski definition) is 2. The quantitative estimate of drug-likeness (QED) is 0.844. The van der Waals surface area contributed by atoms with Crippen LogP contribution in [0.3, 0.4) is 0 Å². The van der Waals surface area contributed by atoms with Crippen LogP contribution in [0.4, 0.5) is 5.69 Å². The molecule has 0 unspecified atom stereocenters. The molecule has 21 heavy (non-hydrogen) atoms. The van der Waals surface area contributed by atoms with Crippen LogP contribution in [-0.4, -0.2) is 23.0 Å². The first-order valence-electron chi connectivity index (χ1n) is 6.08. The fourth-order valence-corrected chi connectivity index (χ4v) is 2.07. The minimum Gasteiger partial charge on any atom is -0.448 e. The molecule has 1 amide bonds. The van der Waals surface area contributed by atoms with E-state index in [2.05, 4.69) is 10.3 Å². The van der Waals surface area contributed by atoms with E-state index in [1.165, 1.54) is 6.92 Å². The van der Waals surface area contributed by atoms with E-state index in [1.54, 1.807) is 36.5 Å². The number of para-hydroxylation sites is 1. The van der Waals surface area contributed by atoms with Crippen LogP contribution in [-0.2, 0) is 9.53 Å². The van der Waals surface area contributed by atoms with Crippen molar-refractivity contribution in [1.82, 2.24) is 4.98 Å². The number of aromatic nitrogens is 1. The van der Waals surface area contributed by atoms with Gasteiger partial charge in [0.1, 0.15) is 5.69 Å². The van der Waals surface area contributed by atoms with Crippen molar-refractivity contribution in [3.63, 3.8) is 0 Å². The van der Waals surface area contributed by atoms with Crippen LogP contribution in [0.2, 0.25) is 10.0 Å². The molecule has 0 aliphatic carbocycles. The summed E-state index contributed by atoms with van der Waals surface area (Å²) in [6.07, 6.45) is 0.596. The van der Waals surface area contributed by atoms with E-state index in [4.69, 9.17) is 27.9 Å². The van der Waals surface area contributed by atoms with E-state index in [9.17, 15) is 9.59 Å². The highest BCUT2D eigenvalue weighted by molar-refractivity contribution is 6.39. The first-order valence-corrected chi connectivity index (χ1v) is 6.84. The van der Waals surface area contributed by atoms with Crippen molar-refractivity contribution < 1.29 is 14.3 Å². The summed E-state index contributed by atoms with van der Waals surface area (Å²) in [5, 5.41) is 3.15. The zero-order valence-corrected chi connectivity index (χ0v) is 12.5. The highest BCUT2D eigenvalue weighted by atomic mass is 35.5. The monoisotopic (exact) mass is 326 g/mol. The van der Waals surface area contributed by atoms with Crippen LogP contribution < -0.4 is 5.32 Å². The van der Waals surface area contributed by atoms with Gasteiger partial charge in [0.05, 0.1) is 15.7 Å². The van der Waals surface area contributed by atoms with Gasteiger partial charge in [0.15, 0.2) is 6.10 Å². The number of H-pyrrole nitrogens is 1. The first-order chi connectivity index (χ1) is 9.99. The van der Waals surface area contributed by atoms with Gasteiger partial charge in [-0.25, -0.2) is 4.79 Å². The number of carbonyl (C=O) groups is 2. The Morgan fingerprint density at radius 1 is 1.19 bits per heavy atom. The molecule has 0 spiro atoms. The van der Waals surface area contributed by atoms with Gasteiger partial charge in [-0.05, 0) is 31.2 Å². The summed E-state index contributed by atoms with van der Waals surface area (Å²) in [6.45, 7) is 1.46. The lowest BCUT2D eigenvalue weighted by atomic mass is 10.3. The minimum absolute atomic E-state index is 0.269. The smallest absolute Gasteiger partial charge is 0.355 e. The second-order valence-corrected chi connectivity index (χ2v) is 5.03. The standard InChI is InChI=1S/C14H12Cl2N2O3/c1-8(21-14(20)11-6-3-7-17-11)13(19)18-12-9(15)4-2-5-10(12)16/h2-8,17H,1H3,(H,18,19)/t8-/m0/s1. The SMILES string of the molecule is C[C@H](OC(=O)c1ccc[nH]1)C(=O)Nc1c(Cl)cccc1Cl. The third-order valence-corrected chi connectivity index (χ3v) is 3.31. The van der Waals surface area contributed by atoms with Crippen LogP contribution in [0.15, 0.2) is 36.5 Å². The molecule has 0 bridgehead atoms. The molecule has 1 atom stereocenters. The predicted molar refractivity (Wildman–Crippen MR) is 80.8 cm³/mol. The van der Waals surface area contributed by atoms with Crippen molar-refractivity contribution >= 4 is 40.8 Å². The van der Waals surface area contributed by atoms with Gasteiger partial charge < -0.3 is 15.0 Å². The molecular formula is C14H12Cl2N2O3. The average Bonchev–Trinajstić information content (AvgIpc) is 2.97. The Kier molecular flexibility index (Phi) is 4.88. The van der Waals surface area contributed by atoms with Crippen LogP contribution in [0.25, 0.3) is 0 Å². The second kappa shape index (κ2) is 6.65. The molecule has 2 aromatic rings. The van der Waals surface area contributed by atoms with Gasteiger partial charge in [0, 0.05) is 6.20 Å². The molecule has 1 heterocycles. The number of carbonyl (C=O) groups excluding carboxylic acids is 2. The summed E-state index contributed by atoms with van der Waals surface area (Å²) in [4.78, 5) is 26.4. The number of amides is 1. The summed E-state index contributed by atoms with van der Waals surface area (Å²) in [5.74, 6) is -1.14. The van der Waals surface area contributed by atoms with E-state index < -0.39 is 18.0 Å². The maximum Gasteiger partial charge on any atom is 0.355 e. The fraction of sp³-hybridized carbons (Fsp3) is 0.143. The first kappa shape index (κ1) is 15.4. The number of esters is 1. The highest BCUT2D eigenvalue weighted by Gasteiger charge is 2.21. The molecule has 2 N–H and O–H groups in total. The maximum absolute atomic E-state index is 12.0. The zero-order valence-electron chi connectivity index (χ0n) is 11.0. The van der Waals surface area contributed by atoms with Crippen molar-refractivity contribution in [2.75, 3.05) is 5.32 Å². The molecule has 0 saturated heterocycles. The number of aromatic amines is 1. The maximum atomic E-state index is 12.0. The highest BCUT2D eigenvalue weighted by Crippen LogP contribution is 2.29. The molecule has 0 aliphatic rings. The van der Waals surface area contributed by atoms with E-state index >= 15 is 0 Å². The third kappa shape index (κ3) is 3.77. The Hall–Kier alpha value is -1.98. The number of hydrogen-bond acceptors (Lipinski definition) is 3. The Morgan fingerprint density at radius 3 is 2.43 bits per heavy atom. The summed E-state index contributed by atoms with van der Waals surface area (Å²) in [6, 6.07) is 8.06. The molecule has 0 fully saturated rings. The van der Waals surface area contributed by atoms with Crippen LogP contribution in [0.1, 0.15) is 17.4 Å². The Morgan fingerprint density at radius 2 is 1.86 bits per heavy atom. The predicted octanol–water partition coefficient (Wildman–Crippen LogP) is 3.51. The largest absolute Gasteiger partial charge is 0.448 e. The average molecular weight is 327 g/mol. The fourth-order valence-electron chi connectivity index (χ4n) is 1.58. The zero-order chi connectivity index (χ0) is 15.4. The van der Waals surface area contributed by atoms with Crippen molar-refractivity contribution in [1.29, 1.82) is 0 Å². The van der Waals surface area contributed by atoms with Gasteiger partial charge in [-0.2, -0.15) is 0 Å². The third-order valence-electron chi connectivity index (χ3n) is 2.68. The molecule has 1 aromatic heterocycles. The van der Waals surface area contributed by atoms with Gasteiger partial charge in [0.2, 0.25) is 0 Å². The van der Waals surface area contributed by atoms with Crippen molar-refractivity contribution in [2.24, 2.45) is 0 Å². The molecule has 7 heteroatoms. The Labute approximate surface area is 131 Å². The Balaban J connectivity index is 2.01. The molecule has 1 aromatic carbocycles. The Bertz CT molecular complexity index is 636. The van der Waals surface area contributed by atoms with E-state index in [0.717, 1.165) is 0 Å². The van der Waals surface area contributed by atoms with Gasteiger partial charge in [-0.1, -0.05) is 29.3 Å². The molecule has 5 nitrogen and oxygen atoms in total. The van der Waals surface area contributed by atoms with Crippen molar-refractivity contribution in [3.05, 3.63) is 52.3 Å². The van der Waals surface area contributed by atoms with E-state index in [1.807, 2.05) is 0 Å². The molecule has 0 aliphatic heterocycles. The summed E-state index contributed by atoms with van der Waals surface area (Å²) in [5.41, 5.74) is 0.555. The summed E-state index contributed by atoms with van der Waals surface area (Å²) < 4.78 is 5.04. The number of benzene rings is 1. The lowest BCUT2D eigenvalue weighted by Gasteiger charge is -2.14. The number of rotatable bonds is 4. The number of halogens is 2. The molecule has 0 saturated carbocycles. The van der Waals surface area contributed by atoms with Crippen LogP contribution >= 0.6 is 23.2 Å². The lowest BCUT2D eigenvalue weighted by molar-refractivity contribution is -0.123. The second-order valence-electron chi connectivity index (χ2n) is 4.22. The normalized spacial score (nSPS) is 11.8. The molecular weight excluding hydrogens is 315 g/mol. The number of nitrogens with one attached hydrogen (secondary N) is 2. The minimum atomic E-state index is -0.992. The van der Waals surface area contributed by atoms with E-state index in [-0.39, 0.29) is 11.4 Å². The molecule has 0 radical (unpaired) electrons. The lowest BCUT2D eigenvalue weighted by Crippen LogP contribution is -2.30. The van der Waals surface area contributed by atoms with E-state index in [0.29, 0.717) is 10.0 Å². The number of ether oxygens (including phenoxy) is 1. The van der Waals surface area contributed by atoms with Crippen molar-refractivity contribution in [3.8, 4) is 0 Å². The summed E-state index contributed by atoms with van der Waals surface area (Å²) >= 11 is 11.9. The van der Waals surface area contributed by atoms with Gasteiger partial charge in [-0.15, -0.1) is 0 Å². The molecule has 2 rings (SSSR count). The van der Waals surface area contributed by atoms with Crippen molar-refractivity contribution in [2.45, 2.75) is 13.0 Å². The van der Waals surface area contributed by atoms with Gasteiger partial charge in [0.25, 0.3) is 5.91 Å². The van der Waals surface area contributed by atoms with Gasteiger partial charge >= 0.3 is 5.97 Å².